The van der Waals surface area contributed by atoms with E-state index in [0.717, 1.165) is 5.56 Å². The molecule has 0 bridgehead atoms. The highest BCUT2D eigenvalue weighted by Gasteiger charge is 2.42. The van der Waals surface area contributed by atoms with Crippen molar-refractivity contribution in [1.29, 1.82) is 0 Å². The van der Waals surface area contributed by atoms with E-state index in [9.17, 15) is 9.59 Å². The maximum atomic E-state index is 12.6. The summed E-state index contributed by atoms with van der Waals surface area (Å²) in [7, 11) is 0. The Kier molecular flexibility index (Phi) is 6.25. The number of hydrogen-bond donors (Lipinski definition) is 2. The summed E-state index contributed by atoms with van der Waals surface area (Å²) in [6.45, 7) is 4.03. The summed E-state index contributed by atoms with van der Waals surface area (Å²) < 4.78 is 5.56. The van der Waals surface area contributed by atoms with Gasteiger partial charge in [0.15, 0.2) is 0 Å². The van der Waals surface area contributed by atoms with E-state index in [1.807, 2.05) is 43.3 Å². The molecule has 2 aromatic rings. The number of anilines is 1. The molecule has 0 aliphatic carbocycles. The molecule has 7 nitrogen and oxygen atoms in total. The van der Waals surface area contributed by atoms with Crippen LogP contribution in [-0.4, -0.2) is 54.3 Å². The Bertz CT molecular complexity index is 1020. The Hall–Kier alpha value is -2.90. The number of piperidine rings is 1. The smallest absolute Gasteiger partial charge is 0.272 e. The molecule has 2 aromatic carbocycles. The first-order chi connectivity index (χ1) is 15.0. The van der Waals surface area contributed by atoms with Crippen molar-refractivity contribution >= 4 is 34.8 Å². The number of benzene rings is 2. The summed E-state index contributed by atoms with van der Waals surface area (Å²) in [5.74, 6) is 0.384. The van der Waals surface area contributed by atoms with Gasteiger partial charge in [0.2, 0.25) is 5.91 Å². The lowest BCUT2D eigenvalue weighted by atomic mass is 9.98. The van der Waals surface area contributed by atoms with Gasteiger partial charge in [0.05, 0.1) is 18.8 Å². The maximum Gasteiger partial charge on any atom is 0.272 e. The van der Waals surface area contributed by atoms with E-state index in [-0.39, 0.29) is 18.4 Å². The maximum absolute atomic E-state index is 12.6. The molecule has 0 radical (unpaired) electrons. The van der Waals surface area contributed by atoms with Gasteiger partial charge < -0.3 is 15.4 Å². The molecule has 2 aliphatic rings. The van der Waals surface area contributed by atoms with Crippen molar-refractivity contribution in [2.24, 2.45) is 4.99 Å². The molecule has 2 heterocycles. The van der Waals surface area contributed by atoms with Crippen molar-refractivity contribution in [1.82, 2.24) is 10.2 Å². The summed E-state index contributed by atoms with van der Waals surface area (Å²) in [6, 6.07) is 14.6. The number of aliphatic imine (C=N–C) groups is 1. The van der Waals surface area contributed by atoms with Crippen molar-refractivity contribution in [2.75, 3.05) is 31.6 Å². The summed E-state index contributed by atoms with van der Waals surface area (Å²) >= 11 is 6.06. The molecular weight excluding hydrogens is 416 g/mol. The zero-order valence-electron chi connectivity index (χ0n) is 17.4. The average Bonchev–Trinajstić information content (AvgIpc) is 3.07. The van der Waals surface area contributed by atoms with Crippen LogP contribution in [0.3, 0.4) is 0 Å². The van der Waals surface area contributed by atoms with Crippen LogP contribution >= 0.6 is 11.6 Å². The van der Waals surface area contributed by atoms with Crippen molar-refractivity contribution in [2.45, 2.75) is 25.4 Å². The van der Waals surface area contributed by atoms with Crippen LogP contribution in [0.2, 0.25) is 5.02 Å². The predicted molar refractivity (Wildman–Crippen MR) is 121 cm³/mol. The molecule has 0 saturated carbocycles. The molecule has 8 heteroatoms. The van der Waals surface area contributed by atoms with Crippen molar-refractivity contribution in [3.8, 4) is 5.75 Å². The third-order valence-electron chi connectivity index (χ3n) is 5.50. The SMILES string of the molecule is CCOc1ccccc1NC(=O)CN1CCC2(CC1)N=C(c1cccc(Cl)c1)C(=O)N2. The van der Waals surface area contributed by atoms with Gasteiger partial charge in [-0.1, -0.05) is 35.9 Å². The fourth-order valence-corrected chi connectivity index (χ4v) is 4.15. The topological polar surface area (TPSA) is 83.0 Å². The van der Waals surface area contributed by atoms with Gasteiger partial charge in [-0.25, -0.2) is 0 Å². The standard InChI is InChI=1S/C23H25ClN4O3/c1-2-31-19-9-4-3-8-18(19)25-20(29)15-28-12-10-23(11-13-28)26-21(22(30)27-23)16-6-5-7-17(24)14-16/h3-9,14H,2,10-13,15H2,1H3,(H,25,29)(H,27,30). The van der Waals surface area contributed by atoms with E-state index < -0.39 is 5.66 Å². The number of carbonyl (C=O) groups excluding carboxylic acids is 2. The number of carbonyl (C=O) groups is 2. The number of rotatable bonds is 6. The molecule has 1 spiro atoms. The lowest BCUT2D eigenvalue weighted by Crippen LogP contribution is -2.52. The number of para-hydroxylation sites is 2. The molecule has 2 amide bonds. The minimum atomic E-state index is -0.608. The third kappa shape index (κ3) is 4.89. The molecule has 1 saturated heterocycles. The molecular formula is C23H25ClN4O3. The molecule has 1 fully saturated rings. The Labute approximate surface area is 186 Å². The van der Waals surface area contributed by atoms with Gasteiger partial charge in [-0.2, -0.15) is 0 Å². The zero-order chi connectivity index (χ0) is 21.8. The van der Waals surface area contributed by atoms with Gasteiger partial charge in [-0.3, -0.25) is 19.5 Å². The molecule has 0 aromatic heterocycles. The Balaban J connectivity index is 1.36. The Morgan fingerprint density at radius 3 is 2.74 bits per heavy atom. The van der Waals surface area contributed by atoms with Gasteiger partial charge in [0.25, 0.3) is 5.91 Å². The van der Waals surface area contributed by atoms with Crippen molar-refractivity contribution in [3.05, 3.63) is 59.1 Å². The first-order valence-electron chi connectivity index (χ1n) is 10.4. The van der Waals surface area contributed by atoms with Crippen molar-refractivity contribution < 1.29 is 14.3 Å². The zero-order valence-corrected chi connectivity index (χ0v) is 18.1. The highest BCUT2D eigenvalue weighted by Crippen LogP contribution is 2.29. The number of nitrogens with one attached hydrogen (secondary N) is 2. The van der Waals surface area contributed by atoms with E-state index in [2.05, 4.69) is 15.5 Å². The molecule has 0 atom stereocenters. The Morgan fingerprint density at radius 2 is 2.00 bits per heavy atom. The van der Waals surface area contributed by atoms with E-state index >= 15 is 0 Å². The highest BCUT2D eigenvalue weighted by molar-refractivity contribution is 6.47. The van der Waals surface area contributed by atoms with Crippen LogP contribution in [-0.2, 0) is 9.59 Å². The summed E-state index contributed by atoms with van der Waals surface area (Å²) in [6.07, 6.45) is 1.29. The number of nitrogens with zero attached hydrogens (tertiary/aromatic N) is 2. The van der Waals surface area contributed by atoms with E-state index in [0.29, 0.717) is 54.7 Å². The van der Waals surface area contributed by atoms with Crippen molar-refractivity contribution in [3.63, 3.8) is 0 Å². The van der Waals surface area contributed by atoms with Gasteiger partial charge in [0, 0.05) is 36.5 Å². The summed E-state index contributed by atoms with van der Waals surface area (Å²) in [4.78, 5) is 31.9. The third-order valence-corrected chi connectivity index (χ3v) is 5.73. The second kappa shape index (κ2) is 9.08. The normalized spacial score (nSPS) is 17.9. The fourth-order valence-electron chi connectivity index (χ4n) is 3.96. The molecule has 2 aliphatic heterocycles. The number of likely N-dealkylation sites (tertiary alicyclic amines) is 1. The van der Waals surface area contributed by atoms with Crippen LogP contribution in [0.25, 0.3) is 0 Å². The first-order valence-corrected chi connectivity index (χ1v) is 10.8. The average molecular weight is 441 g/mol. The van der Waals surface area contributed by atoms with Gasteiger partial charge in [-0.15, -0.1) is 0 Å². The molecule has 4 rings (SSSR count). The molecule has 0 unspecified atom stereocenters. The van der Waals surface area contributed by atoms with E-state index in [1.54, 1.807) is 12.1 Å². The minimum Gasteiger partial charge on any atom is -0.492 e. The number of hydrogen-bond acceptors (Lipinski definition) is 5. The Morgan fingerprint density at radius 1 is 1.23 bits per heavy atom. The molecule has 2 N–H and O–H groups in total. The van der Waals surface area contributed by atoms with E-state index in [1.165, 1.54) is 0 Å². The van der Waals surface area contributed by atoms with E-state index in [4.69, 9.17) is 21.3 Å². The number of amides is 2. The second-order valence-electron chi connectivity index (χ2n) is 7.71. The van der Waals surface area contributed by atoms with Gasteiger partial charge >= 0.3 is 0 Å². The lowest BCUT2D eigenvalue weighted by Gasteiger charge is -2.36. The van der Waals surface area contributed by atoms with Crippen LogP contribution in [0.4, 0.5) is 5.69 Å². The van der Waals surface area contributed by atoms with Crippen LogP contribution in [0, 0.1) is 0 Å². The van der Waals surface area contributed by atoms with Gasteiger partial charge in [-0.05, 0) is 31.2 Å². The quantitative estimate of drug-likeness (QED) is 0.723. The van der Waals surface area contributed by atoms with Crippen LogP contribution in [0.15, 0.2) is 53.5 Å². The minimum absolute atomic E-state index is 0.0957. The molecule has 162 valence electrons. The summed E-state index contributed by atoms with van der Waals surface area (Å²) in [5, 5.41) is 6.54. The van der Waals surface area contributed by atoms with Crippen LogP contribution < -0.4 is 15.4 Å². The number of ether oxygens (including phenoxy) is 1. The lowest BCUT2D eigenvalue weighted by molar-refractivity contribution is -0.119. The molecule has 31 heavy (non-hydrogen) atoms. The number of halogens is 1. The largest absolute Gasteiger partial charge is 0.492 e. The first kappa shape index (κ1) is 21.3. The van der Waals surface area contributed by atoms with Crippen LogP contribution in [0.5, 0.6) is 5.75 Å². The summed E-state index contributed by atoms with van der Waals surface area (Å²) in [5.41, 5.74) is 1.20. The van der Waals surface area contributed by atoms with Crippen LogP contribution in [0.1, 0.15) is 25.3 Å². The fraction of sp³-hybridized carbons (Fsp3) is 0.348. The predicted octanol–water partition coefficient (Wildman–Crippen LogP) is 3.09. The van der Waals surface area contributed by atoms with Gasteiger partial charge in [0.1, 0.15) is 17.1 Å². The highest BCUT2D eigenvalue weighted by atomic mass is 35.5. The monoisotopic (exact) mass is 440 g/mol. The second-order valence-corrected chi connectivity index (χ2v) is 8.15.